The topological polar surface area (TPSA) is 12.0 Å². The number of rotatable bonds is 5. The Kier molecular flexibility index (Phi) is 3.53. The first-order valence-electron chi connectivity index (χ1n) is 7.23. The van der Waals surface area contributed by atoms with Gasteiger partial charge in [-0.1, -0.05) is 13.3 Å². The molecule has 0 aliphatic heterocycles. The van der Waals surface area contributed by atoms with Crippen LogP contribution in [0.1, 0.15) is 60.4 Å². The molecule has 17 heavy (non-hydrogen) atoms. The third kappa shape index (κ3) is 2.30. The zero-order chi connectivity index (χ0) is 11.7. The van der Waals surface area contributed by atoms with Crippen LogP contribution in [-0.4, -0.2) is 6.54 Å². The van der Waals surface area contributed by atoms with Crippen molar-refractivity contribution in [2.45, 2.75) is 57.9 Å². The van der Waals surface area contributed by atoms with E-state index in [0.717, 1.165) is 5.92 Å². The van der Waals surface area contributed by atoms with E-state index in [4.69, 9.17) is 0 Å². The van der Waals surface area contributed by atoms with Crippen molar-refractivity contribution in [3.05, 3.63) is 21.4 Å². The molecule has 1 saturated carbocycles. The molecule has 0 radical (unpaired) electrons. The molecule has 2 aliphatic rings. The quantitative estimate of drug-likeness (QED) is 0.829. The highest BCUT2D eigenvalue weighted by Crippen LogP contribution is 2.42. The Balaban J connectivity index is 1.76. The third-order valence-corrected chi connectivity index (χ3v) is 5.63. The van der Waals surface area contributed by atoms with Crippen LogP contribution in [0.4, 0.5) is 0 Å². The number of nitrogens with one attached hydrogen (secondary N) is 1. The van der Waals surface area contributed by atoms with Crippen molar-refractivity contribution in [3.63, 3.8) is 0 Å². The molecule has 0 saturated heterocycles. The predicted molar refractivity (Wildman–Crippen MR) is 74.7 cm³/mol. The van der Waals surface area contributed by atoms with E-state index in [0.29, 0.717) is 6.04 Å². The van der Waals surface area contributed by atoms with Gasteiger partial charge in [0.15, 0.2) is 0 Å². The molecule has 94 valence electrons. The van der Waals surface area contributed by atoms with Gasteiger partial charge >= 0.3 is 0 Å². The minimum absolute atomic E-state index is 0.666. The molecule has 1 fully saturated rings. The van der Waals surface area contributed by atoms with E-state index in [9.17, 15) is 0 Å². The molecule has 2 aliphatic carbocycles. The fraction of sp³-hybridized carbons (Fsp3) is 0.733. The maximum Gasteiger partial charge on any atom is 0.0443 e. The van der Waals surface area contributed by atoms with Crippen LogP contribution < -0.4 is 5.32 Å². The summed E-state index contributed by atoms with van der Waals surface area (Å²) in [6.07, 6.45) is 9.61. The Bertz CT molecular complexity index is 357. The van der Waals surface area contributed by atoms with Gasteiger partial charge < -0.3 is 5.32 Å². The van der Waals surface area contributed by atoms with Crippen LogP contribution in [0.5, 0.6) is 0 Å². The normalized spacial score (nSPS) is 21.2. The Labute approximate surface area is 109 Å². The molecule has 0 bridgehead atoms. The van der Waals surface area contributed by atoms with Crippen LogP contribution in [0.2, 0.25) is 0 Å². The minimum atomic E-state index is 0.666. The summed E-state index contributed by atoms with van der Waals surface area (Å²) in [6, 6.07) is 3.18. The van der Waals surface area contributed by atoms with Crippen LogP contribution in [0, 0.1) is 5.92 Å². The molecule has 1 heterocycles. The summed E-state index contributed by atoms with van der Waals surface area (Å²) < 4.78 is 0. The summed E-state index contributed by atoms with van der Waals surface area (Å²) in [5.41, 5.74) is 1.66. The first-order chi connectivity index (χ1) is 8.38. The van der Waals surface area contributed by atoms with Gasteiger partial charge in [0.1, 0.15) is 0 Å². The number of hydrogen-bond acceptors (Lipinski definition) is 2. The Morgan fingerprint density at radius 1 is 1.35 bits per heavy atom. The summed E-state index contributed by atoms with van der Waals surface area (Å²) in [4.78, 5) is 3.32. The van der Waals surface area contributed by atoms with Crippen LogP contribution in [0.25, 0.3) is 0 Å². The van der Waals surface area contributed by atoms with Crippen LogP contribution in [0.15, 0.2) is 6.07 Å². The lowest BCUT2D eigenvalue weighted by atomic mass is 9.79. The Morgan fingerprint density at radius 2 is 2.24 bits per heavy atom. The fourth-order valence-electron chi connectivity index (χ4n) is 3.08. The third-order valence-electron chi connectivity index (χ3n) is 4.31. The van der Waals surface area contributed by atoms with E-state index in [1.807, 2.05) is 0 Å². The highest BCUT2D eigenvalue weighted by atomic mass is 32.1. The molecular formula is C15H23NS. The van der Waals surface area contributed by atoms with Gasteiger partial charge in [-0.25, -0.2) is 0 Å². The average Bonchev–Trinajstić information content (AvgIpc) is 2.80. The van der Waals surface area contributed by atoms with Crippen molar-refractivity contribution >= 4 is 11.3 Å². The van der Waals surface area contributed by atoms with Crippen LogP contribution in [0.3, 0.4) is 0 Å². The van der Waals surface area contributed by atoms with E-state index < -0.39 is 0 Å². The number of aryl methyl sites for hydroxylation is 2. The van der Waals surface area contributed by atoms with Gasteiger partial charge in [-0.2, -0.15) is 0 Å². The fourth-order valence-corrected chi connectivity index (χ4v) is 4.50. The molecule has 0 amide bonds. The summed E-state index contributed by atoms with van der Waals surface area (Å²) >= 11 is 2.10. The lowest BCUT2D eigenvalue weighted by Crippen LogP contribution is -2.32. The summed E-state index contributed by atoms with van der Waals surface area (Å²) in [7, 11) is 0. The lowest BCUT2D eigenvalue weighted by molar-refractivity contribution is 0.234. The second-order valence-electron chi connectivity index (χ2n) is 5.57. The molecule has 1 aromatic heterocycles. The van der Waals surface area contributed by atoms with Crippen molar-refractivity contribution in [2.24, 2.45) is 5.92 Å². The first kappa shape index (κ1) is 11.7. The molecule has 1 N–H and O–H groups in total. The molecule has 0 aromatic carbocycles. The van der Waals surface area contributed by atoms with Crippen molar-refractivity contribution < 1.29 is 0 Å². The van der Waals surface area contributed by atoms with Gasteiger partial charge in [0.25, 0.3) is 0 Å². The van der Waals surface area contributed by atoms with E-state index in [-0.39, 0.29) is 0 Å². The second-order valence-corrected chi connectivity index (χ2v) is 6.74. The zero-order valence-electron chi connectivity index (χ0n) is 10.8. The summed E-state index contributed by atoms with van der Waals surface area (Å²) in [5, 5.41) is 3.79. The number of hydrogen-bond donors (Lipinski definition) is 1. The molecule has 3 rings (SSSR count). The first-order valence-corrected chi connectivity index (χ1v) is 8.05. The largest absolute Gasteiger partial charge is 0.309 e. The van der Waals surface area contributed by atoms with Gasteiger partial charge in [-0.15, -0.1) is 11.3 Å². The molecule has 2 heteroatoms. The van der Waals surface area contributed by atoms with E-state index in [2.05, 4.69) is 29.6 Å². The molecule has 0 spiro atoms. The van der Waals surface area contributed by atoms with Crippen molar-refractivity contribution in [3.8, 4) is 0 Å². The zero-order valence-corrected chi connectivity index (χ0v) is 11.6. The van der Waals surface area contributed by atoms with E-state index >= 15 is 0 Å². The lowest BCUT2D eigenvalue weighted by Gasteiger charge is -2.34. The van der Waals surface area contributed by atoms with Gasteiger partial charge in [0.05, 0.1) is 0 Å². The highest BCUT2D eigenvalue weighted by Gasteiger charge is 2.30. The summed E-state index contributed by atoms with van der Waals surface area (Å²) in [6.45, 7) is 3.43. The maximum absolute atomic E-state index is 3.79. The van der Waals surface area contributed by atoms with E-state index in [1.165, 1.54) is 51.5 Å². The molecular weight excluding hydrogens is 226 g/mol. The SMILES string of the molecule is CCCNC(c1cc2c(s1)CCC2)C1CCC1. The highest BCUT2D eigenvalue weighted by molar-refractivity contribution is 7.12. The van der Waals surface area contributed by atoms with Gasteiger partial charge in [0, 0.05) is 15.8 Å². The van der Waals surface area contributed by atoms with Crippen molar-refractivity contribution in [2.75, 3.05) is 6.54 Å². The van der Waals surface area contributed by atoms with Gasteiger partial charge in [0.2, 0.25) is 0 Å². The average molecular weight is 249 g/mol. The Hall–Kier alpha value is -0.340. The standard InChI is InChI=1S/C15H23NS/c1-2-9-16-15(11-5-3-6-11)14-10-12-7-4-8-13(12)17-14/h10-11,15-16H,2-9H2,1H3. The predicted octanol–water partition coefficient (Wildman–Crippen LogP) is 4.08. The number of fused-ring (bicyclic) bond motifs is 1. The number of thiophene rings is 1. The van der Waals surface area contributed by atoms with Crippen LogP contribution >= 0.6 is 11.3 Å². The van der Waals surface area contributed by atoms with Gasteiger partial charge in [-0.3, -0.25) is 0 Å². The molecule has 1 aromatic rings. The van der Waals surface area contributed by atoms with Crippen molar-refractivity contribution in [1.82, 2.24) is 5.32 Å². The van der Waals surface area contributed by atoms with E-state index in [1.54, 1.807) is 15.3 Å². The summed E-state index contributed by atoms with van der Waals surface area (Å²) in [5.74, 6) is 0.917. The van der Waals surface area contributed by atoms with Crippen LogP contribution in [-0.2, 0) is 12.8 Å². The maximum atomic E-state index is 3.79. The van der Waals surface area contributed by atoms with Gasteiger partial charge in [-0.05, 0) is 62.6 Å². The smallest absolute Gasteiger partial charge is 0.0443 e. The Morgan fingerprint density at radius 3 is 2.88 bits per heavy atom. The molecule has 1 nitrogen and oxygen atoms in total. The van der Waals surface area contributed by atoms with Crippen molar-refractivity contribution in [1.29, 1.82) is 0 Å². The molecule has 1 unspecified atom stereocenters. The molecule has 1 atom stereocenters. The monoisotopic (exact) mass is 249 g/mol. The minimum Gasteiger partial charge on any atom is -0.309 e. The second kappa shape index (κ2) is 5.11.